The maximum absolute atomic E-state index is 12.6. The van der Waals surface area contributed by atoms with Gasteiger partial charge in [0.2, 0.25) is 0 Å². The van der Waals surface area contributed by atoms with E-state index in [0.29, 0.717) is 6.61 Å². The van der Waals surface area contributed by atoms with E-state index < -0.39 is 0 Å². The molecule has 1 fully saturated rings. The second-order valence-electron chi connectivity index (χ2n) is 9.60. The summed E-state index contributed by atoms with van der Waals surface area (Å²) >= 11 is 0. The number of likely N-dealkylation sites (tertiary alicyclic amines) is 1. The minimum atomic E-state index is -0.331. The predicted octanol–water partition coefficient (Wildman–Crippen LogP) is 6.05. The van der Waals surface area contributed by atoms with Crippen LogP contribution < -0.4 is 14.2 Å². The van der Waals surface area contributed by atoms with Gasteiger partial charge < -0.3 is 19.3 Å². The lowest BCUT2D eigenvalue weighted by Crippen LogP contribution is -2.49. The first-order valence-corrected chi connectivity index (χ1v) is 12.3. The van der Waals surface area contributed by atoms with Gasteiger partial charge in [0.25, 0.3) is 0 Å². The van der Waals surface area contributed by atoms with Crippen LogP contribution in [-0.2, 0) is 0 Å². The summed E-state index contributed by atoms with van der Waals surface area (Å²) in [6.45, 7) is 6.85. The van der Waals surface area contributed by atoms with Crippen molar-refractivity contribution in [3.05, 3.63) is 82.9 Å². The van der Waals surface area contributed by atoms with Gasteiger partial charge in [-0.15, -0.1) is 0 Å². The van der Waals surface area contributed by atoms with E-state index in [2.05, 4.69) is 17.9 Å². The van der Waals surface area contributed by atoms with Crippen molar-refractivity contribution in [2.45, 2.75) is 20.0 Å². The summed E-state index contributed by atoms with van der Waals surface area (Å²) in [5, 5.41) is 10.1. The number of benzene rings is 3. The molecule has 1 unspecified atom stereocenters. The molecule has 3 aromatic rings. The van der Waals surface area contributed by atoms with Gasteiger partial charge in [0.1, 0.15) is 35.7 Å². The minimum absolute atomic E-state index is 0.188. The van der Waals surface area contributed by atoms with Gasteiger partial charge in [0, 0.05) is 36.7 Å². The first kappa shape index (κ1) is 24.2. The van der Waals surface area contributed by atoms with Gasteiger partial charge in [-0.2, -0.15) is 0 Å². The van der Waals surface area contributed by atoms with Crippen LogP contribution in [0.2, 0.25) is 0 Å². The van der Waals surface area contributed by atoms with Crippen molar-refractivity contribution in [1.82, 2.24) is 4.90 Å². The molecule has 2 aliphatic rings. The quantitative estimate of drug-likeness (QED) is 0.417. The highest BCUT2D eigenvalue weighted by Crippen LogP contribution is 2.48. The number of methoxy groups -OCH3 is 1. The molecule has 6 heteroatoms. The molecule has 5 rings (SSSR count). The van der Waals surface area contributed by atoms with Crippen molar-refractivity contribution in [2.24, 2.45) is 5.92 Å². The SMILES string of the molecule is COc1cc(C2=C(C)c3cc(O)ccc3OC2c2ccc(OCCN3CC(CF)C3)cc2)ccc1C. The molecule has 2 aliphatic heterocycles. The van der Waals surface area contributed by atoms with Crippen molar-refractivity contribution in [3.8, 4) is 23.0 Å². The Morgan fingerprint density at radius 2 is 1.81 bits per heavy atom. The van der Waals surface area contributed by atoms with Crippen LogP contribution in [0.4, 0.5) is 4.39 Å². The molecular formula is C30H32FNO4. The van der Waals surface area contributed by atoms with Crippen molar-refractivity contribution in [1.29, 1.82) is 0 Å². The van der Waals surface area contributed by atoms with Crippen LogP contribution in [0.5, 0.6) is 23.0 Å². The topological polar surface area (TPSA) is 51.2 Å². The number of hydrogen-bond acceptors (Lipinski definition) is 5. The number of alkyl halides is 1. The first-order valence-electron chi connectivity index (χ1n) is 12.3. The second kappa shape index (κ2) is 10.2. The Balaban J connectivity index is 1.41. The normalized spacial score (nSPS) is 17.8. The average Bonchev–Trinajstić information content (AvgIpc) is 2.86. The fourth-order valence-electron chi connectivity index (χ4n) is 5.02. The number of aryl methyl sites for hydroxylation is 1. The van der Waals surface area contributed by atoms with Crippen LogP contribution >= 0.6 is 0 Å². The number of phenolic OH excluding ortho intramolecular Hbond substituents is 1. The van der Waals surface area contributed by atoms with E-state index in [1.165, 1.54) is 0 Å². The molecule has 0 amide bonds. The monoisotopic (exact) mass is 489 g/mol. The highest BCUT2D eigenvalue weighted by Gasteiger charge is 2.30. The Labute approximate surface area is 211 Å². The number of aromatic hydroxyl groups is 1. The van der Waals surface area contributed by atoms with E-state index in [-0.39, 0.29) is 24.4 Å². The summed E-state index contributed by atoms with van der Waals surface area (Å²) in [5.74, 6) is 2.74. The first-order chi connectivity index (χ1) is 17.5. The van der Waals surface area contributed by atoms with Crippen LogP contribution in [0.1, 0.15) is 35.3 Å². The molecule has 0 spiro atoms. The molecule has 0 bridgehead atoms. The zero-order chi connectivity index (χ0) is 25.2. The molecule has 36 heavy (non-hydrogen) atoms. The average molecular weight is 490 g/mol. The van der Waals surface area contributed by atoms with Gasteiger partial charge in [-0.25, -0.2) is 0 Å². The minimum Gasteiger partial charge on any atom is -0.508 e. The molecule has 0 aromatic heterocycles. The fourth-order valence-corrected chi connectivity index (χ4v) is 5.02. The lowest BCUT2D eigenvalue weighted by atomic mass is 9.85. The number of allylic oxidation sites excluding steroid dienone is 1. The Morgan fingerprint density at radius 3 is 2.53 bits per heavy atom. The standard InChI is InChI=1S/C30H32FNO4/c1-19-4-5-23(14-28(19)34-3)29-20(2)26-15-24(33)8-11-27(26)36-30(29)22-6-9-25(10-7-22)35-13-12-32-17-21(16-31)18-32/h4-11,14-15,21,30,33H,12-13,16-18H2,1-3H3. The Kier molecular flexibility index (Phi) is 6.88. The lowest BCUT2D eigenvalue weighted by molar-refractivity contribution is 0.0668. The number of fused-ring (bicyclic) bond motifs is 1. The summed E-state index contributed by atoms with van der Waals surface area (Å²) in [6, 6.07) is 19.4. The van der Waals surface area contributed by atoms with Crippen molar-refractivity contribution in [3.63, 3.8) is 0 Å². The Hall–Kier alpha value is -3.51. The van der Waals surface area contributed by atoms with Crippen LogP contribution in [0, 0.1) is 12.8 Å². The molecule has 1 atom stereocenters. The van der Waals surface area contributed by atoms with E-state index in [1.54, 1.807) is 19.2 Å². The predicted molar refractivity (Wildman–Crippen MR) is 140 cm³/mol. The zero-order valence-electron chi connectivity index (χ0n) is 21.0. The molecule has 1 saturated heterocycles. The molecule has 0 radical (unpaired) electrons. The number of halogens is 1. The van der Waals surface area contributed by atoms with E-state index in [9.17, 15) is 9.50 Å². The molecule has 5 nitrogen and oxygen atoms in total. The Morgan fingerprint density at radius 1 is 1.03 bits per heavy atom. The molecule has 0 aliphatic carbocycles. The van der Waals surface area contributed by atoms with Gasteiger partial charge >= 0.3 is 0 Å². The number of nitrogens with zero attached hydrogens (tertiary/aromatic N) is 1. The fraction of sp³-hybridized carbons (Fsp3) is 0.333. The second-order valence-corrected chi connectivity index (χ2v) is 9.60. The highest BCUT2D eigenvalue weighted by molar-refractivity contribution is 5.96. The van der Waals surface area contributed by atoms with Crippen LogP contribution in [0.15, 0.2) is 60.7 Å². The van der Waals surface area contributed by atoms with Gasteiger partial charge in [-0.3, -0.25) is 9.29 Å². The van der Waals surface area contributed by atoms with Crippen LogP contribution in [0.25, 0.3) is 11.1 Å². The molecule has 0 saturated carbocycles. The summed E-state index contributed by atoms with van der Waals surface area (Å²) < 4.78 is 30.7. The number of hydrogen-bond donors (Lipinski definition) is 1. The van der Waals surface area contributed by atoms with Crippen molar-refractivity contribution < 1.29 is 23.7 Å². The summed E-state index contributed by atoms with van der Waals surface area (Å²) in [6.07, 6.45) is -0.331. The van der Waals surface area contributed by atoms with Gasteiger partial charge in [-0.1, -0.05) is 24.3 Å². The van der Waals surface area contributed by atoms with Crippen LogP contribution in [0.3, 0.4) is 0 Å². The van der Waals surface area contributed by atoms with E-state index in [1.807, 2.05) is 49.4 Å². The lowest BCUT2D eigenvalue weighted by Gasteiger charge is -2.37. The maximum Gasteiger partial charge on any atom is 0.150 e. The van der Waals surface area contributed by atoms with Crippen molar-refractivity contribution in [2.75, 3.05) is 40.0 Å². The number of ether oxygens (including phenoxy) is 3. The van der Waals surface area contributed by atoms with Crippen molar-refractivity contribution >= 4 is 11.1 Å². The third-order valence-corrected chi connectivity index (χ3v) is 7.11. The zero-order valence-corrected chi connectivity index (χ0v) is 21.0. The maximum atomic E-state index is 12.6. The largest absolute Gasteiger partial charge is 0.508 e. The highest BCUT2D eigenvalue weighted by atomic mass is 19.1. The smallest absolute Gasteiger partial charge is 0.150 e. The summed E-state index contributed by atoms with van der Waals surface area (Å²) in [5.41, 5.74) is 6.02. The van der Waals surface area contributed by atoms with E-state index >= 15 is 0 Å². The van der Waals surface area contributed by atoms with Gasteiger partial charge in [0.05, 0.1) is 13.8 Å². The Bertz CT molecular complexity index is 1260. The van der Waals surface area contributed by atoms with Gasteiger partial charge in [0.15, 0.2) is 0 Å². The number of rotatable bonds is 8. The molecule has 2 heterocycles. The van der Waals surface area contributed by atoms with Gasteiger partial charge in [-0.05, 0) is 72.5 Å². The van der Waals surface area contributed by atoms with Crippen LogP contribution in [-0.4, -0.2) is 50.0 Å². The molecular weight excluding hydrogens is 457 g/mol. The summed E-state index contributed by atoms with van der Waals surface area (Å²) in [7, 11) is 1.68. The van der Waals surface area contributed by atoms with E-state index in [0.717, 1.165) is 70.3 Å². The molecule has 3 aromatic carbocycles. The number of phenols is 1. The van der Waals surface area contributed by atoms with E-state index in [4.69, 9.17) is 14.2 Å². The third-order valence-electron chi connectivity index (χ3n) is 7.11. The molecule has 188 valence electrons. The third kappa shape index (κ3) is 4.78. The summed E-state index contributed by atoms with van der Waals surface area (Å²) in [4.78, 5) is 2.21. The molecule has 1 N–H and O–H groups in total.